The first kappa shape index (κ1) is 20.3. The Kier molecular flexibility index (Phi) is 5.41. The van der Waals surface area contributed by atoms with E-state index in [2.05, 4.69) is 0 Å². The summed E-state index contributed by atoms with van der Waals surface area (Å²) in [5, 5.41) is 0. The lowest BCUT2D eigenvalue weighted by atomic mass is 9.97. The van der Waals surface area contributed by atoms with Crippen LogP contribution < -0.4 is 0 Å². The summed E-state index contributed by atoms with van der Waals surface area (Å²) in [7, 11) is 1.77. The first-order chi connectivity index (χ1) is 11.8. The van der Waals surface area contributed by atoms with Crippen LogP contribution in [0.5, 0.6) is 0 Å². The van der Waals surface area contributed by atoms with Crippen LogP contribution in [-0.2, 0) is 15.9 Å². The SMILES string of the molecule is Cc1c(C(=O)OC(C)(C)C)ccc2c1CCC2N(C)C(=O)OC(C)(C)C. The third-order valence-corrected chi connectivity index (χ3v) is 4.43. The topological polar surface area (TPSA) is 55.8 Å². The lowest BCUT2D eigenvalue weighted by Gasteiger charge is -2.29. The van der Waals surface area contributed by atoms with E-state index in [-0.39, 0.29) is 18.1 Å². The summed E-state index contributed by atoms with van der Waals surface area (Å²) in [6.07, 6.45) is 1.32. The molecule has 0 fully saturated rings. The van der Waals surface area contributed by atoms with Gasteiger partial charge >= 0.3 is 12.1 Å². The molecule has 1 aliphatic carbocycles. The van der Waals surface area contributed by atoms with Crippen LogP contribution >= 0.6 is 0 Å². The van der Waals surface area contributed by atoms with Crippen molar-refractivity contribution in [2.45, 2.75) is 78.6 Å². The van der Waals surface area contributed by atoms with Gasteiger partial charge in [0.15, 0.2) is 0 Å². The van der Waals surface area contributed by atoms with E-state index in [1.165, 1.54) is 0 Å². The number of amides is 1. The maximum absolute atomic E-state index is 12.5. The van der Waals surface area contributed by atoms with E-state index in [1.807, 2.05) is 60.6 Å². The summed E-state index contributed by atoms with van der Waals surface area (Å²) in [4.78, 5) is 26.5. The third-order valence-electron chi connectivity index (χ3n) is 4.43. The van der Waals surface area contributed by atoms with Gasteiger partial charge in [-0.3, -0.25) is 0 Å². The zero-order chi connectivity index (χ0) is 19.9. The smallest absolute Gasteiger partial charge is 0.410 e. The number of hydrogen-bond donors (Lipinski definition) is 0. The summed E-state index contributed by atoms with van der Waals surface area (Å²) >= 11 is 0. The fourth-order valence-electron chi connectivity index (χ4n) is 3.28. The van der Waals surface area contributed by atoms with E-state index in [0.29, 0.717) is 5.56 Å². The number of esters is 1. The standard InChI is InChI=1S/C21H31NO4/c1-13-14-11-12-17(22(8)19(24)26-21(5,6)7)16(14)10-9-15(13)18(23)25-20(2,3)4/h9-10,17H,11-12H2,1-8H3. The van der Waals surface area contributed by atoms with Gasteiger partial charge < -0.3 is 14.4 Å². The summed E-state index contributed by atoms with van der Waals surface area (Å²) in [5.41, 5.74) is 2.71. The molecule has 0 bridgehead atoms. The highest BCUT2D eigenvalue weighted by Gasteiger charge is 2.33. The number of ether oxygens (including phenoxy) is 2. The molecular formula is C21H31NO4. The Morgan fingerprint density at radius 3 is 2.15 bits per heavy atom. The molecule has 5 nitrogen and oxygen atoms in total. The second-order valence-electron chi connectivity index (χ2n) is 8.95. The highest BCUT2D eigenvalue weighted by Crippen LogP contribution is 2.38. The molecule has 26 heavy (non-hydrogen) atoms. The summed E-state index contributed by atoms with van der Waals surface area (Å²) in [6.45, 7) is 13.1. The molecule has 0 saturated carbocycles. The predicted molar refractivity (Wildman–Crippen MR) is 101 cm³/mol. The fourth-order valence-corrected chi connectivity index (χ4v) is 3.28. The molecule has 144 valence electrons. The van der Waals surface area contributed by atoms with E-state index in [1.54, 1.807) is 11.9 Å². The summed E-state index contributed by atoms with van der Waals surface area (Å²) < 4.78 is 11.0. The van der Waals surface area contributed by atoms with Crippen LogP contribution in [0.15, 0.2) is 12.1 Å². The molecule has 1 unspecified atom stereocenters. The van der Waals surface area contributed by atoms with Crippen molar-refractivity contribution in [3.8, 4) is 0 Å². The molecular weight excluding hydrogens is 330 g/mol. The molecule has 5 heteroatoms. The summed E-state index contributed by atoms with van der Waals surface area (Å²) in [5.74, 6) is -0.304. The number of carbonyl (C=O) groups is 2. The Balaban J connectivity index is 2.26. The second kappa shape index (κ2) is 6.93. The Hall–Kier alpha value is -2.04. The van der Waals surface area contributed by atoms with Crippen molar-refractivity contribution in [3.63, 3.8) is 0 Å². The maximum atomic E-state index is 12.5. The number of benzene rings is 1. The first-order valence-electron chi connectivity index (χ1n) is 9.11. The molecule has 0 heterocycles. The Morgan fingerprint density at radius 1 is 1.04 bits per heavy atom. The van der Waals surface area contributed by atoms with E-state index in [0.717, 1.165) is 29.5 Å². The molecule has 0 radical (unpaired) electrons. The molecule has 1 amide bonds. The van der Waals surface area contributed by atoms with Crippen LogP contribution in [0.1, 0.15) is 81.1 Å². The van der Waals surface area contributed by atoms with Crippen LogP contribution in [-0.4, -0.2) is 35.2 Å². The van der Waals surface area contributed by atoms with Crippen molar-refractivity contribution in [3.05, 3.63) is 34.4 Å². The number of nitrogens with zero attached hydrogens (tertiary/aromatic N) is 1. The molecule has 1 atom stereocenters. The molecule has 1 aliphatic rings. The van der Waals surface area contributed by atoms with Gasteiger partial charge in [-0.1, -0.05) is 6.07 Å². The van der Waals surface area contributed by atoms with E-state index in [4.69, 9.17) is 9.47 Å². The van der Waals surface area contributed by atoms with E-state index >= 15 is 0 Å². The highest BCUT2D eigenvalue weighted by molar-refractivity contribution is 5.92. The fraction of sp³-hybridized carbons (Fsp3) is 0.619. The number of hydrogen-bond acceptors (Lipinski definition) is 4. The van der Waals surface area contributed by atoms with Crippen LogP contribution in [0.2, 0.25) is 0 Å². The number of carbonyl (C=O) groups excluding carboxylic acids is 2. The summed E-state index contributed by atoms with van der Waals surface area (Å²) in [6, 6.07) is 3.72. The number of fused-ring (bicyclic) bond motifs is 1. The number of rotatable bonds is 2. The van der Waals surface area contributed by atoms with Gasteiger partial charge in [-0.2, -0.15) is 0 Å². The highest BCUT2D eigenvalue weighted by atomic mass is 16.6. The first-order valence-corrected chi connectivity index (χ1v) is 9.11. The van der Waals surface area contributed by atoms with Crippen LogP contribution in [0.3, 0.4) is 0 Å². The Labute approximate surface area is 156 Å². The monoisotopic (exact) mass is 361 g/mol. The Bertz CT molecular complexity index is 710. The van der Waals surface area contributed by atoms with Gasteiger partial charge in [-0.05, 0) is 84.1 Å². The second-order valence-corrected chi connectivity index (χ2v) is 8.95. The zero-order valence-electron chi connectivity index (χ0n) is 17.2. The van der Waals surface area contributed by atoms with Gasteiger partial charge in [-0.15, -0.1) is 0 Å². The Morgan fingerprint density at radius 2 is 1.62 bits per heavy atom. The van der Waals surface area contributed by atoms with Crippen molar-refractivity contribution in [1.29, 1.82) is 0 Å². The van der Waals surface area contributed by atoms with E-state index < -0.39 is 11.2 Å². The van der Waals surface area contributed by atoms with E-state index in [9.17, 15) is 9.59 Å². The average molecular weight is 361 g/mol. The zero-order valence-corrected chi connectivity index (χ0v) is 17.2. The average Bonchev–Trinajstić information content (AvgIpc) is 2.87. The minimum atomic E-state index is -0.526. The van der Waals surface area contributed by atoms with Gasteiger partial charge in [-0.25, -0.2) is 9.59 Å². The van der Waals surface area contributed by atoms with Crippen LogP contribution in [0.25, 0.3) is 0 Å². The minimum absolute atomic E-state index is 0.0359. The van der Waals surface area contributed by atoms with Gasteiger partial charge in [0.05, 0.1) is 11.6 Å². The molecule has 2 rings (SSSR count). The molecule has 1 aromatic rings. The maximum Gasteiger partial charge on any atom is 0.410 e. The lowest BCUT2D eigenvalue weighted by Crippen LogP contribution is -2.36. The van der Waals surface area contributed by atoms with Crippen LogP contribution in [0, 0.1) is 6.92 Å². The molecule has 0 aromatic heterocycles. The molecule has 1 aromatic carbocycles. The van der Waals surface area contributed by atoms with Gasteiger partial charge in [0, 0.05) is 7.05 Å². The normalized spacial score (nSPS) is 16.8. The van der Waals surface area contributed by atoms with Crippen molar-refractivity contribution >= 4 is 12.1 Å². The van der Waals surface area contributed by atoms with Crippen molar-refractivity contribution in [2.24, 2.45) is 0 Å². The van der Waals surface area contributed by atoms with Gasteiger partial charge in [0.2, 0.25) is 0 Å². The molecule has 0 spiro atoms. The predicted octanol–water partition coefficient (Wildman–Crippen LogP) is 4.80. The van der Waals surface area contributed by atoms with Crippen molar-refractivity contribution in [2.75, 3.05) is 7.05 Å². The lowest BCUT2D eigenvalue weighted by molar-refractivity contribution is 0.00674. The van der Waals surface area contributed by atoms with Gasteiger partial charge in [0.1, 0.15) is 11.2 Å². The minimum Gasteiger partial charge on any atom is -0.456 e. The molecule has 0 aliphatic heterocycles. The van der Waals surface area contributed by atoms with Gasteiger partial charge in [0.25, 0.3) is 0 Å². The van der Waals surface area contributed by atoms with Crippen molar-refractivity contribution in [1.82, 2.24) is 4.90 Å². The van der Waals surface area contributed by atoms with Crippen molar-refractivity contribution < 1.29 is 19.1 Å². The largest absolute Gasteiger partial charge is 0.456 e. The third kappa shape index (κ3) is 4.57. The molecule has 0 saturated heterocycles. The quantitative estimate of drug-likeness (QED) is 0.710. The molecule has 0 N–H and O–H groups in total. The van der Waals surface area contributed by atoms with Crippen LogP contribution in [0.4, 0.5) is 4.79 Å².